The van der Waals surface area contributed by atoms with Gasteiger partial charge in [0, 0.05) is 29.3 Å². The van der Waals surface area contributed by atoms with Gasteiger partial charge in [0.15, 0.2) is 0 Å². The number of halogens is 1. The first-order chi connectivity index (χ1) is 9.85. The second kappa shape index (κ2) is 8.76. The average Bonchev–Trinajstić information content (AvgIpc) is 2.42. The van der Waals surface area contributed by atoms with Gasteiger partial charge in [-0.05, 0) is 57.6 Å². The minimum absolute atomic E-state index is 0.0372. The summed E-state index contributed by atoms with van der Waals surface area (Å²) in [5, 5.41) is 3.44. The van der Waals surface area contributed by atoms with Gasteiger partial charge in [-0.25, -0.2) is 4.39 Å². The van der Waals surface area contributed by atoms with Crippen LogP contribution in [0.4, 0.5) is 4.39 Å². The number of benzene rings is 1. The molecule has 0 atom stereocenters. The van der Waals surface area contributed by atoms with Crippen LogP contribution in [0.2, 0.25) is 0 Å². The molecule has 0 aromatic heterocycles. The van der Waals surface area contributed by atoms with E-state index in [0.29, 0.717) is 6.54 Å². The molecule has 0 radical (unpaired) electrons. The van der Waals surface area contributed by atoms with Crippen molar-refractivity contribution in [3.8, 4) is 0 Å². The molecule has 0 aliphatic heterocycles. The van der Waals surface area contributed by atoms with Crippen LogP contribution in [0.1, 0.15) is 40.2 Å². The summed E-state index contributed by atoms with van der Waals surface area (Å²) in [7, 11) is 0. The first-order valence-electron chi connectivity index (χ1n) is 7.74. The summed E-state index contributed by atoms with van der Waals surface area (Å²) in [5.41, 5.74) is 1.09. The van der Waals surface area contributed by atoms with E-state index < -0.39 is 0 Å². The maximum absolute atomic E-state index is 13.5. The molecule has 1 rings (SSSR count). The molecular weight excluding hydrogens is 283 g/mol. The third-order valence-corrected chi connectivity index (χ3v) is 4.49. The molecule has 0 amide bonds. The Kier molecular flexibility index (Phi) is 7.71. The second-order valence-electron chi connectivity index (χ2n) is 6.23. The number of nitrogens with one attached hydrogen (secondary N) is 1. The summed E-state index contributed by atoms with van der Waals surface area (Å²) in [5.74, 6) is 0.879. The topological polar surface area (TPSA) is 15.3 Å². The van der Waals surface area contributed by atoms with Crippen molar-refractivity contribution in [3.05, 3.63) is 29.6 Å². The van der Waals surface area contributed by atoms with Crippen molar-refractivity contribution in [1.29, 1.82) is 0 Å². The SMILES string of the molecule is CCN(CC)CCSc1ccc(F)cc1CNC(C)(C)C. The van der Waals surface area contributed by atoms with Gasteiger partial charge >= 0.3 is 0 Å². The van der Waals surface area contributed by atoms with Gasteiger partial charge in [-0.15, -0.1) is 11.8 Å². The molecule has 0 aliphatic rings. The van der Waals surface area contributed by atoms with Gasteiger partial charge in [-0.2, -0.15) is 0 Å². The highest BCUT2D eigenvalue weighted by molar-refractivity contribution is 7.99. The Morgan fingerprint density at radius 2 is 1.86 bits per heavy atom. The lowest BCUT2D eigenvalue weighted by molar-refractivity contribution is 0.324. The van der Waals surface area contributed by atoms with E-state index in [-0.39, 0.29) is 11.4 Å². The molecule has 0 saturated carbocycles. The van der Waals surface area contributed by atoms with Gasteiger partial charge in [-0.1, -0.05) is 13.8 Å². The van der Waals surface area contributed by atoms with Crippen molar-refractivity contribution in [2.45, 2.75) is 51.6 Å². The van der Waals surface area contributed by atoms with Gasteiger partial charge in [0.1, 0.15) is 5.82 Å². The van der Waals surface area contributed by atoms with Crippen molar-refractivity contribution in [2.75, 3.05) is 25.4 Å². The number of thioether (sulfide) groups is 1. The normalized spacial score (nSPS) is 12.1. The number of hydrogen-bond donors (Lipinski definition) is 1. The molecule has 4 heteroatoms. The van der Waals surface area contributed by atoms with Crippen molar-refractivity contribution in [2.24, 2.45) is 0 Å². The standard InChI is InChI=1S/C17H29FN2S/c1-6-20(7-2)10-11-21-16-9-8-15(18)12-14(16)13-19-17(3,4)5/h8-9,12,19H,6-7,10-11,13H2,1-5H3. The van der Waals surface area contributed by atoms with Gasteiger partial charge in [0.05, 0.1) is 0 Å². The number of nitrogens with zero attached hydrogens (tertiary/aromatic N) is 1. The van der Waals surface area contributed by atoms with Gasteiger partial charge in [0.25, 0.3) is 0 Å². The molecule has 2 nitrogen and oxygen atoms in total. The van der Waals surface area contributed by atoms with Crippen LogP contribution in [0.5, 0.6) is 0 Å². The van der Waals surface area contributed by atoms with E-state index in [4.69, 9.17) is 0 Å². The summed E-state index contributed by atoms with van der Waals surface area (Å²) < 4.78 is 13.5. The maximum Gasteiger partial charge on any atom is 0.123 e. The zero-order valence-corrected chi connectivity index (χ0v) is 14.8. The third-order valence-electron chi connectivity index (χ3n) is 3.39. The molecule has 0 fully saturated rings. The summed E-state index contributed by atoms with van der Waals surface area (Å²) in [4.78, 5) is 3.59. The van der Waals surface area contributed by atoms with Gasteiger partial charge < -0.3 is 10.2 Å². The van der Waals surface area contributed by atoms with Crippen LogP contribution in [0.25, 0.3) is 0 Å². The summed E-state index contributed by atoms with van der Waals surface area (Å²) >= 11 is 1.82. The predicted molar refractivity (Wildman–Crippen MR) is 91.5 cm³/mol. The molecule has 0 bridgehead atoms. The smallest absolute Gasteiger partial charge is 0.123 e. The molecule has 21 heavy (non-hydrogen) atoms. The molecule has 0 heterocycles. The Bertz CT molecular complexity index is 425. The van der Waals surface area contributed by atoms with Crippen molar-refractivity contribution >= 4 is 11.8 Å². The second-order valence-corrected chi connectivity index (χ2v) is 7.37. The predicted octanol–water partition coefficient (Wildman–Crippen LogP) is 4.15. The molecule has 0 spiro atoms. The van der Waals surface area contributed by atoms with E-state index in [0.717, 1.165) is 31.0 Å². The van der Waals surface area contributed by atoms with Crippen LogP contribution in [-0.4, -0.2) is 35.8 Å². The monoisotopic (exact) mass is 312 g/mol. The fourth-order valence-corrected chi connectivity index (χ4v) is 3.06. The van der Waals surface area contributed by atoms with E-state index in [1.165, 1.54) is 4.90 Å². The van der Waals surface area contributed by atoms with Crippen molar-refractivity contribution < 1.29 is 4.39 Å². The molecule has 0 unspecified atom stereocenters. The van der Waals surface area contributed by atoms with Gasteiger partial charge in [0.2, 0.25) is 0 Å². The number of hydrogen-bond acceptors (Lipinski definition) is 3. The fraction of sp³-hybridized carbons (Fsp3) is 0.647. The zero-order chi connectivity index (χ0) is 15.9. The maximum atomic E-state index is 13.5. The van der Waals surface area contributed by atoms with E-state index in [1.807, 2.05) is 17.8 Å². The minimum atomic E-state index is -0.159. The molecule has 1 aromatic carbocycles. The summed E-state index contributed by atoms with van der Waals surface area (Å²) in [6, 6.07) is 5.11. The lowest BCUT2D eigenvalue weighted by Gasteiger charge is -2.22. The van der Waals surface area contributed by atoms with Crippen LogP contribution in [0.15, 0.2) is 23.1 Å². The molecule has 1 aromatic rings. The number of rotatable bonds is 8. The quantitative estimate of drug-likeness (QED) is 0.726. The van der Waals surface area contributed by atoms with Crippen LogP contribution < -0.4 is 5.32 Å². The van der Waals surface area contributed by atoms with Gasteiger partial charge in [-0.3, -0.25) is 0 Å². The first-order valence-corrected chi connectivity index (χ1v) is 8.73. The Morgan fingerprint density at radius 1 is 1.19 bits per heavy atom. The van der Waals surface area contributed by atoms with Crippen molar-refractivity contribution in [1.82, 2.24) is 10.2 Å². The largest absolute Gasteiger partial charge is 0.308 e. The Hall–Kier alpha value is -0.580. The lowest BCUT2D eigenvalue weighted by atomic mass is 10.1. The Morgan fingerprint density at radius 3 is 2.43 bits per heavy atom. The average molecular weight is 312 g/mol. The van der Waals surface area contributed by atoms with Crippen molar-refractivity contribution in [3.63, 3.8) is 0 Å². The Labute approximate surface area is 133 Å². The molecule has 120 valence electrons. The van der Waals surface area contributed by atoms with Crippen LogP contribution in [0, 0.1) is 5.82 Å². The highest BCUT2D eigenvalue weighted by atomic mass is 32.2. The molecule has 0 saturated heterocycles. The fourth-order valence-electron chi connectivity index (χ4n) is 2.01. The molecule has 1 N–H and O–H groups in total. The third kappa shape index (κ3) is 7.30. The van der Waals surface area contributed by atoms with Crippen LogP contribution in [-0.2, 0) is 6.54 Å². The van der Waals surface area contributed by atoms with Crippen LogP contribution >= 0.6 is 11.8 Å². The molecule has 0 aliphatic carbocycles. The van der Waals surface area contributed by atoms with E-state index in [1.54, 1.807) is 12.1 Å². The molecular formula is C17H29FN2S. The summed E-state index contributed by atoms with van der Waals surface area (Å²) in [6.45, 7) is 14.7. The lowest BCUT2D eigenvalue weighted by Crippen LogP contribution is -2.35. The summed E-state index contributed by atoms with van der Waals surface area (Å²) in [6.07, 6.45) is 0. The minimum Gasteiger partial charge on any atom is -0.308 e. The first kappa shape index (κ1) is 18.5. The Balaban J connectivity index is 2.64. The van der Waals surface area contributed by atoms with E-state index >= 15 is 0 Å². The van der Waals surface area contributed by atoms with Crippen LogP contribution in [0.3, 0.4) is 0 Å². The highest BCUT2D eigenvalue weighted by Crippen LogP contribution is 2.24. The zero-order valence-electron chi connectivity index (χ0n) is 14.0. The van der Waals surface area contributed by atoms with E-state index in [9.17, 15) is 4.39 Å². The highest BCUT2D eigenvalue weighted by Gasteiger charge is 2.11. The van der Waals surface area contributed by atoms with E-state index in [2.05, 4.69) is 44.8 Å².